The summed E-state index contributed by atoms with van der Waals surface area (Å²) >= 11 is 2.33. The molecule has 1 aliphatic heterocycles. The molecule has 0 bridgehead atoms. The zero-order valence-corrected chi connectivity index (χ0v) is 18.3. The van der Waals surface area contributed by atoms with Gasteiger partial charge in [0.15, 0.2) is 0 Å². The first-order valence-electron chi connectivity index (χ1n) is 8.54. The van der Waals surface area contributed by atoms with E-state index in [1.165, 1.54) is 32.1 Å². The molecule has 1 rings (SSSR count). The van der Waals surface area contributed by atoms with Gasteiger partial charge >= 0.3 is 113 Å². The molecular weight excluding hydrogens is 506 g/mol. The van der Waals surface area contributed by atoms with Gasteiger partial charge in [-0.3, -0.25) is 4.90 Å². The van der Waals surface area contributed by atoms with E-state index in [1.807, 2.05) is 0 Å². The summed E-state index contributed by atoms with van der Waals surface area (Å²) in [6, 6.07) is 0.142. The Hall–Kier alpha value is 0.850. The molecule has 0 spiro atoms. The Morgan fingerprint density at radius 3 is 2.55 bits per heavy atom. The number of carbonyl (C=O) groups excluding carboxylic acids is 1. The number of rotatable bonds is 13. The molecule has 0 aliphatic carbocycles. The summed E-state index contributed by atoms with van der Waals surface area (Å²) in [6.07, 6.45) is 8.41. The van der Waals surface area contributed by atoms with E-state index in [1.54, 1.807) is 0 Å². The van der Waals surface area contributed by atoms with Crippen LogP contribution in [0.15, 0.2) is 0 Å². The molecule has 1 fully saturated rings. The van der Waals surface area contributed by atoms with Crippen LogP contribution in [0, 0.1) is 5.92 Å². The Bertz CT molecular complexity index is 304. The third kappa shape index (κ3) is 9.22. The van der Waals surface area contributed by atoms with Crippen LogP contribution < -0.4 is 23.0 Å². The van der Waals surface area contributed by atoms with Gasteiger partial charge in [0.1, 0.15) is 0 Å². The van der Waals surface area contributed by atoms with Gasteiger partial charge in [-0.05, 0) is 12.3 Å². The van der Waals surface area contributed by atoms with E-state index in [0.717, 1.165) is 39.1 Å². The molecule has 22 heavy (non-hydrogen) atoms. The first-order chi connectivity index (χ1) is 10.6. The fourth-order valence-corrected chi connectivity index (χ4v) is 4.37. The number of likely N-dealkylation sites (tertiary alicyclic amines) is 1. The molecule has 4 nitrogen and oxygen atoms in total. The van der Waals surface area contributed by atoms with Crippen LogP contribution in [0.2, 0.25) is 0 Å². The van der Waals surface area contributed by atoms with Gasteiger partial charge in [0, 0.05) is 13.1 Å². The molecule has 0 aromatic carbocycles. The predicted octanol–water partition coefficient (Wildman–Crippen LogP) is 0.544. The molecule has 132 valence electrons. The Labute approximate surface area is 156 Å². The van der Waals surface area contributed by atoms with Crippen molar-refractivity contribution in [2.24, 2.45) is 5.92 Å². The van der Waals surface area contributed by atoms with Gasteiger partial charge in [0.2, 0.25) is 0 Å². The van der Waals surface area contributed by atoms with Gasteiger partial charge < -0.3 is 0 Å². The number of hydrogen-bond donors (Lipinski definition) is 1. The number of unbranched alkanes of at least 4 members (excludes halogenated alkanes) is 5. The molecular formula is C16H31I2N2O2-. The standard InChI is InChI=1S/C16H31I2N2O2/c1-14(2)13-20-11-9-15(20)16(21)19-10-7-5-3-4-6-8-12-22-18-17/h14-15H,3-13H2,1-2H3,(H,19,21)/q-1. The molecule has 1 aliphatic rings. The van der Waals surface area contributed by atoms with E-state index in [0.29, 0.717) is 5.92 Å². The monoisotopic (exact) mass is 537 g/mol. The second-order valence-corrected chi connectivity index (χ2v) is 9.67. The number of hydrogen-bond acceptors (Lipinski definition) is 3. The van der Waals surface area contributed by atoms with E-state index in [4.69, 9.17) is 3.07 Å². The summed E-state index contributed by atoms with van der Waals surface area (Å²) in [6.45, 7) is 8.33. The summed E-state index contributed by atoms with van der Waals surface area (Å²) < 4.78 is 5.42. The molecule has 1 unspecified atom stereocenters. The molecule has 1 saturated heterocycles. The molecule has 1 heterocycles. The molecule has 1 atom stereocenters. The summed E-state index contributed by atoms with van der Waals surface area (Å²) in [7, 11) is 0. The van der Waals surface area contributed by atoms with E-state index in [9.17, 15) is 4.79 Å². The van der Waals surface area contributed by atoms with Crippen molar-refractivity contribution >= 4 is 24.5 Å². The second-order valence-electron chi connectivity index (χ2n) is 6.48. The van der Waals surface area contributed by atoms with Crippen LogP contribution in [0.5, 0.6) is 0 Å². The number of halogens is 2. The average molecular weight is 537 g/mol. The van der Waals surface area contributed by atoms with Crippen LogP contribution in [0.4, 0.5) is 0 Å². The molecule has 1 amide bonds. The molecule has 1 N–H and O–H groups in total. The number of nitrogens with zero attached hydrogens (tertiary/aromatic N) is 1. The molecule has 0 saturated carbocycles. The van der Waals surface area contributed by atoms with Crippen LogP contribution in [-0.4, -0.2) is 43.1 Å². The maximum atomic E-state index is 12.1. The van der Waals surface area contributed by atoms with Crippen molar-refractivity contribution in [1.29, 1.82) is 0 Å². The van der Waals surface area contributed by atoms with Crippen molar-refractivity contribution in [2.75, 3.05) is 26.2 Å². The SMILES string of the molecule is CC(C)CN1CCC1C(=O)NCCCCCCCCO[I-]I. The molecule has 0 aromatic rings. The zero-order chi connectivity index (χ0) is 16.2. The van der Waals surface area contributed by atoms with Crippen molar-refractivity contribution in [2.45, 2.75) is 64.8 Å². The van der Waals surface area contributed by atoms with Gasteiger partial charge in [-0.1, -0.05) is 13.8 Å². The first-order valence-corrected chi connectivity index (χ1v) is 15.7. The third-order valence-corrected chi connectivity index (χ3v) is 6.28. The van der Waals surface area contributed by atoms with Crippen molar-refractivity contribution < 1.29 is 25.5 Å². The maximum absolute atomic E-state index is 12.1. The second kappa shape index (κ2) is 13.2. The Morgan fingerprint density at radius 1 is 1.27 bits per heavy atom. The van der Waals surface area contributed by atoms with E-state index >= 15 is 0 Å². The van der Waals surface area contributed by atoms with E-state index < -0.39 is 0 Å². The fourth-order valence-electron chi connectivity index (χ4n) is 2.77. The van der Waals surface area contributed by atoms with Gasteiger partial charge in [-0.25, -0.2) is 0 Å². The molecule has 6 heteroatoms. The molecule has 0 radical (unpaired) electrons. The zero-order valence-electron chi connectivity index (χ0n) is 14.0. The fraction of sp³-hybridized carbons (Fsp3) is 0.938. The van der Waals surface area contributed by atoms with Gasteiger partial charge in [0.05, 0.1) is 0 Å². The van der Waals surface area contributed by atoms with Crippen LogP contribution in [0.1, 0.15) is 58.8 Å². The molecule has 0 aromatic heterocycles. The van der Waals surface area contributed by atoms with E-state index in [-0.39, 0.29) is 29.6 Å². The van der Waals surface area contributed by atoms with Gasteiger partial charge in [-0.2, -0.15) is 0 Å². The number of carbonyl (C=O) groups is 1. The summed E-state index contributed by atoms with van der Waals surface area (Å²) in [5.74, 6) is 0.880. The van der Waals surface area contributed by atoms with Crippen LogP contribution >= 0.6 is 18.6 Å². The average Bonchev–Trinajstić information content (AvgIpc) is 2.45. The summed E-state index contributed by atoms with van der Waals surface area (Å²) in [5, 5.41) is 3.11. The van der Waals surface area contributed by atoms with Crippen LogP contribution in [0.25, 0.3) is 0 Å². The number of amides is 1. The van der Waals surface area contributed by atoms with Crippen LogP contribution in [-0.2, 0) is 7.86 Å². The summed E-state index contributed by atoms with van der Waals surface area (Å²) in [4.78, 5) is 14.4. The minimum atomic E-state index is -0.0183. The van der Waals surface area contributed by atoms with Crippen molar-refractivity contribution in [3.8, 4) is 0 Å². The van der Waals surface area contributed by atoms with Crippen molar-refractivity contribution in [3.63, 3.8) is 0 Å². The topological polar surface area (TPSA) is 41.6 Å². The predicted molar refractivity (Wildman–Crippen MR) is 95.5 cm³/mol. The quantitative estimate of drug-likeness (QED) is 0.276. The normalized spacial score (nSPS) is 18.6. The Kier molecular flexibility index (Phi) is 12.5. The van der Waals surface area contributed by atoms with Crippen LogP contribution in [0.3, 0.4) is 0 Å². The van der Waals surface area contributed by atoms with Crippen molar-refractivity contribution in [3.05, 3.63) is 0 Å². The Morgan fingerprint density at radius 2 is 1.95 bits per heavy atom. The van der Waals surface area contributed by atoms with Gasteiger partial charge in [-0.15, -0.1) is 0 Å². The van der Waals surface area contributed by atoms with Crippen molar-refractivity contribution in [1.82, 2.24) is 10.2 Å². The Balaban J connectivity index is 1.91. The third-order valence-electron chi connectivity index (χ3n) is 4.02. The summed E-state index contributed by atoms with van der Waals surface area (Å²) in [5.41, 5.74) is 0. The van der Waals surface area contributed by atoms with E-state index in [2.05, 4.69) is 42.7 Å². The first kappa shape index (κ1) is 20.9. The number of nitrogens with one attached hydrogen (secondary N) is 1. The van der Waals surface area contributed by atoms with Gasteiger partial charge in [0.25, 0.3) is 0 Å². The minimum absolute atomic E-state index is 0.0183.